The molecule has 13 heavy (non-hydrogen) atoms. The van der Waals surface area contributed by atoms with Crippen LogP contribution >= 0.6 is 23.7 Å². The van der Waals surface area contributed by atoms with Gasteiger partial charge in [0.2, 0.25) is 0 Å². The van der Waals surface area contributed by atoms with Crippen LogP contribution in [0.3, 0.4) is 0 Å². The molecule has 0 fully saturated rings. The minimum absolute atomic E-state index is 0. The maximum absolute atomic E-state index is 8.78. The van der Waals surface area contributed by atoms with Gasteiger partial charge in [-0.25, -0.2) is 0 Å². The van der Waals surface area contributed by atoms with E-state index in [-0.39, 0.29) is 31.7 Å². The summed E-state index contributed by atoms with van der Waals surface area (Å²) in [5.41, 5.74) is 5.74. The second-order valence-electron chi connectivity index (χ2n) is 2.58. The van der Waals surface area contributed by atoms with E-state index in [0.29, 0.717) is 6.42 Å². The first-order valence-corrected chi connectivity index (χ1v) is 4.65. The van der Waals surface area contributed by atoms with Crippen molar-refractivity contribution in [1.82, 2.24) is 0 Å². The van der Waals surface area contributed by atoms with Gasteiger partial charge in [0.25, 0.3) is 0 Å². The molecule has 0 aliphatic rings. The van der Waals surface area contributed by atoms with Crippen LogP contribution < -0.4 is 5.73 Å². The van der Waals surface area contributed by atoms with Gasteiger partial charge in [-0.2, -0.15) is 0 Å². The predicted molar refractivity (Wildman–Crippen MR) is 56.1 cm³/mol. The number of aliphatic hydroxyl groups is 2. The number of aliphatic hydroxyl groups excluding tert-OH is 2. The van der Waals surface area contributed by atoms with Crippen LogP contribution in [0.25, 0.3) is 0 Å². The highest BCUT2D eigenvalue weighted by atomic mass is 35.5. The van der Waals surface area contributed by atoms with E-state index >= 15 is 0 Å². The van der Waals surface area contributed by atoms with Crippen LogP contribution in [-0.2, 0) is 6.61 Å². The zero-order valence-corrected chi connectivity index (χ0v) is 8.77. The van der Waals surface area contributed by atoms with Crippen LogP contribution in [0, 0.1) is 0 Å². The van der Waals surface area contributed by atoms with Crippen molar-refractivity contribution in [1.29, 1.82) is 0 Å². The molecule has 0 saturated heterocycles. The highest BCUT2D eigenvalue weighted by Gasteiger charge is 2.07. The molecule has 0 amide bonds. The van der Waals surface area contributed by atoms with Crippen molar-refractivity contribution < 1.29 is 10.2 Å². The van der Waals surface area contributed by atoms with E-state index in [4.69, 9.17) is 15.9 Å². The fourth-order valence-electron chi connectivity index (χ4n) is 0.960. The Bertz CT molecular complexity index is 242. The lowest BCUT2D eigenvalue weighted by molar-refractivity contribution is 0.277. The molecule has 0 bridgehead atoms. The Morgan fingerprint density at radius 3 is 2.54 bits per heavy atom. The topological polar surface area (TPSA) is 66.5 Å². The standard InChI is InChI=1S/C8H13NO2S.ClH/c9-7(3-4-10)8-2-1-6(5-11)12-8;/h1-2,7,10-11H,3-5,9H2;1H. The van der Waals surface area contributed by atoms with Crippen molar-refractivity contribution in [3.05, 3.63) is 21.9 Å². The molecular formula is C8H14ClNO2S. The van der Waals surface area contributed by atoms with Gasteiger partial charge in [0.15, 0.2) is 0 Å². The number of hydrogen-bond donors (Lipinski definition) is 3. The lowest BCUT2D eigenvalue weighted by atomic mass is 10.2. The van der Waals surface area contributed by atoms with Gasteiger partial charge in [-0.3, -0.25) is 0 Å². The van der Waals surface area contributed by atoms with Gasteiger partial charge in [-0.05, 0) is 18.6 Å². The normalized spacial score (nSPS) is 12.2. The number of hydrogen-bond acceptors (Lipinski definition) is 4. The Morgan fingerprint density at radius 2 is 2.08 bits per heavy atom. The number of rotatable bonds is 4. The molecular weight excluding hydrogens is 210 g/mol. The number of thiophene rings is 1. The van der Waals surface area contributed by atoms with Gasteiger partial charge < -0.3 is 15.9 Å². The summed E-state index contributed by atoms with van der Waals surface area (Å²) in [5, 5.41) is 17.4. The van der Waals surface area contributed by atoms with E-state index in [1.165, 1.54) is 11.3 Å². The number of halogens is 1. The second-order valence-corrected chi connectivity index (χ2v) is 3.78. The van der Waals surface area contributed by atoms with Crippen molar-refractivity contribution >= 4 is 23.7 Å². The molecule has 1 atom stereocenters. The molecule has 0 saturated carbocycles. The Morgan fingerprint density at radius 1 is 1.38 bits per heavy atom. The summed E-state index contributed by atoms with van der Waals surface area (Å²) in [6.07, 6.45) is 0.575. The van der Waals surface area contributed by atoms with Gasteiger partial charge in [0, 0.05) is 22.4 Å². The predicted octanol–water partition coefficient (Wildman–Crippen LogP) is 1.04. The average Bonchev–Trinajstić information content (AvgIpc) is 2.52. The summed E-state index contributed by atoms with van der Waals surface area (Å²) in [4.78, 5) is 1.94. The van der Waals surface area contributed by atoms with Gasteiger partial charge in [-0.1, -0.05) is 0 Å². The van der Waals surface area contributed by atoms with Crippen molar-refractivity contribution in [3.8, 4) is 0 Å². The van der Waals surface area contributed by atoms with Crippen LogP contribution in [0.15, 0.2) is 12.1 Å². The summed E-state index contributed by atoms with van der Waals surface area (Å²) in [5.74, 6) is 0. The fourth-order valence-corrected chi connectivity index (χ4v) is 1.87. The Balaban J connectivity index is 0.00000144. The third-order valence-electron chi connectivity index (χ3n) is 1.64. The highest BCUT2D eigenvalue weighted by Crippen LogP contribution is 2.23. The van der Waals surface area contributed by atoms with E-state index in [0.717, 1.165) is 9.75 Å². The van der Waals surface area contributed by atoms with E-state index in [9.17, 15) is 0 Å². The van der Waals surface area contributed by atoms with Crippen LogP contribution in [0.4, 0.5) is 0 Å². The molecule has 1 aromatic rings. The average molecular weight is 224 g/mol. The van der Waals surface area contributed by atoms with Gasteiger partial charge >= 0.3 is 0 Å². The fraction of sp³-hybridized carbons (Fsp3) is 0.500. The minimum atomic E-state index is -0.0969. The van der Waals surface area contributed by atoms with Crippen molar-refractivity contribution in [3.63, 3.8) is 0 Å². The van der Waals surface area contributed by atoms with Crippen LogP contribution in [-0.4, -0.2) is 16.8 Å². The molecule has 5 heteroatoms. The molecule has 0 aliphatic heterocycles. The zero-order chi connectivity index (χ0) is 8.97. The Hall–Kier alpha value is -0.130. The first-order valence-electron chi connectivity index (χ1n) is 3.84. The Kier molecular flexibility index (Phi) is 6.28. The second kappa shape index (κ2) is 6.34. The lowest BCUT2D eigenvalue weighted by Crippen LogP contribution is -2.09. The molecule has 0 aliphatic carbocycles. The summed E-state index contributed by atoms with van der Waals surface area (Å²) >= 11 is 1.49. The zero-order valence-electron chi connectivity index (χ0n) is 7.14. The monoisotopic (exact) mass is 223 g/mol. The Labute approximate surface area is 87.6 Å². The molecule has 76 valence electrons. The highest BCUT2D eigenvalue weighted by molar-refractivity contribution is 7.12. The van der Waals surface area contributed by atoms with Gasteiger partial charge in [-0.15, -0.1) is 23.7 Å². The lowest BCUT2D eigenvalue weighted by Gasteiger charge is -2.05. The first-order chi connectivity index (χ1) is 5.77. The van der Waals surface area contributed by atoms with Crippen LogP contribution in [0.2, 0.25) is 0 Å². The van der Waals surface area contributed by atoms with Gasteiger partial charge in [0.05, 0.1) is 6.61 Å². The third-order valence-corrected chi connectivity index (χ3v) is 2.85. The van der Waals surface area contributed by atoms with Crippen molar-refractivity contribution in [2.24, 2.45) is 5.73 Å². The van der Waals surface area contributed by atoms with Crippen molar-refractivity contribution in [2.45, 2.75) is 19.1 Å². The van der Waals surface area contributed by atoms with E-state index in [2.05, 4.69) is 0 Å². The number of nitrogens with two attached hydrogens (primary N) is 1. The summed E-state index contributed by atoms with van der Waals surface area (Å²) in [6.45, 7) is 0.171. The smallest absolute Gasteiger partial charge is 0.0774 e. The maximum Gasteiger partial charge on any atom is 0.0774 e. The summed E-state index contributed by atoms with van der Waals surface area (Å²) in [7, 11) is 0. The SMILES string of the molecule is Cl.NC(CCO)c1ccc(CO)s1. The van der Waals surface area contributed by atoms with Crippen LogP contribution in [0.5, 0.6) is 0 Å². The molecule has 0 spiro atoms. The largest absolute Gasteiger partial charge is 0.396 e. The molecule has 4 N–H and O–H groups in total. The van der Waals surface area contributed by atoms with E-state index in [1.807, 2.05) is 12.1 Å². The quantitative estimate of drug-likeness (QED) is 0.715. The third kappa shape index (κ3) is 3.62. The molecule has 1 heterocycles. The summed E-state index contributed by atoms with van der Waals surface area (Å²) < 4.78 is 0. The minimum Gasteiger partial charge on any atom is -0.396 e. The molecule has 1 aromatic heterocycles. The van der Waals surface area contributed by atoms with E-state index < -0.39 is 0 Å². The van der Waals surface area contributed by atoms with E-state index in [1.54, 1.807) is 0 Å². The molecule has 1 rings (SSSR count). The van der Waals surface area contributed by atoms with Crippen LogP contribution in [0.1, 0.15) is 22.2 Å². The molecule has 3 nitrogen and oxygen atoms in total. The molecule has 1 unspecified atom stereocenters. The summed E-state index contributed by atoms with van der Waals surface area (Å²) in [6, 6.07) is 3.66. The molecule has 0 radical (unpaired) electrons. The van der Waals surface area contributed by atoms with Gasteiger partial charge in [0.1, 0.15) is 0 Å². The maximum atomic E-state index is 8.78. The van der Waals surface area contributed by atoms with Crippen molar-refractivity contribution in [2.75, 3.05) is 6.61 Å². The first kappa shape index (κ1) is 12.9. The molecule has 0 aromatic carbocycles.